The highest BCUT2D eigenvalue weighted by atomic mass is 16.1. The Labute approximate surface area is 152 Å². The van der Waals surface area contributed by atoms with E-state index in [1.54, 1.807) is 10.9 Å². The fraction of sp³-hybridized carbons (Fsp3) is 0.250. The number of benzene rings is 1. The third-order valence-corrected chi connectivity index (χ3v) is 4.54. The summed E-state index contributed by atoms with van der Waals surface area (Å²) in [6.07, 6.45) is 5.95. The zero-order valence-electron chi connectivity index (χ0n) is 14.5. The van der Waals surface area contributed by atoms with Gasteiger partial charge in [0.25, 0.3) is 5.91 Å². The zero-order valence-corrected chi connectivity index (χ0v) is 14.5. The van der Waals surface area contributed by atoms with Crippen molar-refractivity contribution in [3.05, 3.63) is 72.2 Å². The van der Waals surface area contributed by atoms with E-state index < -0.39 is 0 Å². The number of hydrogen-bond acceptors (Lipinski definition) is 4. The molecule has 6 heteroatoms. The van der Waals surface area contributed by atoms with Crippen molar-refractivity contribution in [2.75, 3.05) is 18.0 Å². The molecule has 132 valence electrons. The number of carbonyl (C=O) groups excluding carboxylic acids is 1. The lowest BCUT2D eigenvalue weighted by Crippen LogP contribution is -2.24. The fourth-order valence-corrected chi connectivity index (χ4v) is 3.11. The number of pyridine rings is 1. The van der Waals surface area contributed by atoms with Crippen LogP contribution in [0.15, 0.2) is 60.9 Å². The van der Waals surface area contributed by atoms with Gasteiger partial charge in [0.2, 0.25) is 0 Å². The molecule has 3 heterocycles. The molecule has 1 saturated heterocycles. The molecule has 26 heavy (non-hydrogen) atoms. The molecule has 0 saturated carbocycles. The Morgan fingerprint density at radius 1 is 1.04 bits per heavy atom. The number of aromatic nitrogens is 3. The Bertz CT molecular complexity index is 867. The predicted molar refractivity (Wildman–Crippen MR) is 100 cm³/mol. The highest BCUT2D eigenvalue weighted by Gasteiger charge is 2.14. The second-order valence-corrected chi connectivity index (χ2v) is 6.37. The molecule has 1 amide bonds. The molecule has 1 N–H and O–H groups in total. The van der Waals surface area contributed by atoms with Crippen molar-refractivity contribution in [1.29, 1.82) is 0 Å². The first-order valence-corrected chi connectivity index (χ1v) is 8.89. The maximum absolute atomic E-state index is 12.3. The van der Waals surface area contributed by atoms with Crippen molar-refractivity contribution >= 4 is 11.7 Å². The summed E-state index contributed by atoms with van der Waals surface area (Å²) in [5, 5.41) is 7.39. The molecule has 0 aliphatic carbocycles. The van der Waals surface area contributed by atoms with Gasteiger partial charge in [-0.25, -0.2) is 9.67 Å². The monoisotopic (exact) mass is 347 g/mol. The third kappa shape index (κ3) is 3.59. The van der Waals surface area contributed by atoms with Crippen LogP contribution in [0.5, 0.6) is 0 Å². The van der Waals surface area contributed by atoms with E-state index in [-0.39, 0.29) is 5.91 Å². The summed E-state index contributed by atoms with van der Waals surface area (Å²) < 4.78 is 1.80. The van der Waals surface area contributed by atoms with Crippen LogP contribution in [0.3, 0.4) is 0 Å². The summed E-state index contributed by atoms with van der Waals surface area (Å²) in [7, 11) is 0. The van der Waals surface area contributed by atoms with Crippen LogP contribution in [-0.4, -0.2) is 33.8 Å². The minimum Gasteiger partial charge on any atom is -0.357 e. The first-order chi connectivity index (χ1) is 12.8. The molecule has 0 spiro atoms. The predicted octanol–water partition coefficient (Wildman–Crippen LogP) is 2.80. The fourth-order valence-electron chi connectivity index (χ4n) is 3.11. The van der Waals surface area contributed by atoms with Crippen molar-refractivity contribution in [1.82, 2.24) is 20.1 Å². The normalized spacial score (nSPS) is 13.8. The number of rotatable bonds is 5. The maximum atomic E-state index is 12.3. The Morgan fingerprint density at radius 2 is 1.85 bits per heavy atom. The average Bonchev–Trinajstić information content (AvgIpc) is 3.39. The number of para-hydroxylation sites is 1. The number of hydrogen-bond donors (Lipinski definition) is 1. The van der Waals surface area contributed by atoms with Gasteiger partial charge in [0, 0.05) is 25.5 Å². The van der Waals surface area contributed by atoms with Gasteiger partial charge in [0.1, 0.15) is 5.82 Å². The molecule has 0 atom stereocenters. The van der Waals surface area contributed by atoms with Crippen molar-refractivity contribution in [2.45, 2.75) is 19.4 Å². The van der Waals surface area contributed by atoms with E-state index in [2.05, 4.69) is 20.3 Å². The minimum atomic E-state index is -0.139. The second kappa shape index (κ2) is 7.39. The van der Waals surface area contributed by atoms with E-state index in [1.165, 1.54) is 12.8 Å². The lowest BCUT2D eigenvalue weighted by molar-refractivity contribution is 0.0950. The molecule has 3 aromatic rings. The van der Waals surface area contributed by atoms with Crippen LogP contribution < -0.4 is 10.2 Å². The third-order valence-electron chi connectivity index (χ3n) is 4.54. The van der Waals surface area contributed by atoms with Crippen molar-refractivity contribution in [3.63, 3.8) is 0 Å². The van der Waals surface area contributed by atoms with Crippen molar-refractivity contribution in [3.8, 4) is 5.69 Å². The molecule has 4 rings (SSSR count). The molecule has 1 fully saturated rings. The Balaban J connectivity index is 1.36. The lowest BCUT2D eigenvalue weighted by atomic mass is 10.2. The van der Waals surface area contributed by atoms with E-state index in [1.807, 2.05) is 54.7 Å². The SMILES string of the molecule is O=C(NCc1ccn(-c2ccccc2)n1)c1ccc(N2CCCC2)nc1. The van der Waals surface area contributed by atoms with Gasteiger partial charge in [-0.05, 0) is 43.2 Å². The summed E-state index contributed by atoms with van der Waals surface area (Å²) in [6.45, 7) is 2.47. The first kappa shape index (κ1) is 16.3. The van der Waals surface area contributed by atoms with Crippen LogP contribution in [0.4, 0.5) is 5.82 Å². The molecule has 1 aromatic carbocycles. The molecule has 1 aliphatic rings. The number of carbonyl (C=O) groups is 1. The van der Waals surface area contributed by atoms with Crippen LogP contribution in [0.2, 0.25) is 0 Å². The Kier molecular flexibility index (Phi) is 4.64. The van der Waals surface area contributed by atoms with Crippen molar-refractivity contribution in [2.24, 2.45) is 0 Å². The van der Waals surface area contributed by atoms with Crippen LogP contribution in [0.1, 0.15) is 28.9 Å². The molecular formula is C20H21N5O. The van der Waals surface area contributed by atoms with E-state index in [0.717, 1.165) is 30.3 Å². The van der Waals surface area contributed by atoms with Gasteiger partial charge in [-0.1, -0.05) is 18.2 Å². The first-order valence-electron chi connectivity index (χ1n) is 8.89. The Hall–Kier alpha value is -3.15. The smallest absolute Gasteiger partial charge is 0.253 e. The summed E-state index contributed by atoms with van der Waals surface area (Å²) >= 11 is 0. The van der Waals surface area contributed by atoms with E-state index in [4.69, 9.17) is 0 Å². The molecule has 0 unspecified atom stereocenters. The summed E-state index contributed by atoms with van der Waals surface area (Å²) in [6, 6.07) is 15.5. The van der Waals surface area contributed by atoms with E-state index in [9.17, 15) is 4.79 Å². The number of nitrogens with zero attached hydrogens (tertiary/aromatic N) is 4. The number of nitrogens with one attached hydrogen (secondary N) is 1. The molecule has 1 aliphatic heterocycles. The quantitative estimate of drug-likeness (QED) is 0.771. The molecule has 0 bridgehead atoms. The van der Waals surface area contributed by atoms with Gasteiger partial charge in [0.15, 0.2) is 0 Å². The summed E-state index contributed by atoms with van der Waals surface area (Å²) in [5.74, 6) is 0.806. The van der Waals surface area contributed by atoms with Crippen LogP contribution in [0.25, 0.3) is 5.69 Å². The van der Waals surface area contributed by atoms with Crippen LogP contribution >= 0.6 is 0 Å². The van der Waals surface area contributed by atoms with Gasteiger partial charge >= 0.3 is 0 Å². The highest BCUT2D eigenvalue weighted by molar-refractivity contribution is 5.94. The molecular weight excluding hydrogens is 326 g/mol. The topological polar surface area (TPSA) is 63.1 Å². The van der Waals surface area contributed by atoms with Crippen LogP contribution in [0, 0.1) is 0 Å². The lowest BCUT2D eigenvalue weighted by Gasteiger charge is -2.16. The van der Waals surface area contributed by atoms with E-state index in [0.29, 0.717) is 12.1 Å². The number of amides is 1. The van der Waals surface area contributed by atoms with Crippen LogP contribution in [-0.2, 0) is 6.54 Å². The van der Waals surface area contributed by atoms with E-state index >= 15 is 0 Å². The van der Waals surface area contributed by atoms with Gasteiger partial charge in [0.05, 0.1) is 23.5 Å². The Morgan fingerprint density at radius 3 is 2.58 bits per heavy atom. The summed E-state index contributed by atoms with van der Waals surface area (Å²) in [5.41, 5.74) is 2.37. The highest BCUT2D eigenvalue weighted by Crippen LogP contribution is 2.17. The summed E-state index contributed by atoms with van der Waals surface area (Å²) in [4.78, 5) is 19.0. The largest absolute Gasteiger partial charge is 0.357 e. The van der Waals surface area contributed by atoms with Gasteiger partial charge in [-0.15, -0.1) is 0 Å². The molecule has 0 radical (unpaired) electrons. The standard InChI is InChI=1S/C20H21N5O/c26-20(16-8-9-19(21-14-16)24-11-4-5-12-24)22-15-17-10-13-25(23-17)18-6-2-1-3-7-18/h1-3,6-10,13-14H,4-5,11-12,15H2,(H,22,26). The average molecular weight is 347 g/mol. The number of anilines is 1. The zero-order chi connectivity index (χ0) is 17.8. The molecule has 2 aromatic heterocycles. The maximum Gasteiger partial charge on any atom is 0.253 e. The second-order valence-electron chi connectivity index (χ2n) is 6.37. The van der Waals surface area contributed by atoms with Crippen molar-refractivity contribution < 1.29 is 4.79 Å². The molecule has 6 nitrogen and oxygen atoms in total. The van der Waals surface area contributed by atoms with Gasteiger partial charge < -0.3 is 10.2 Å². The minimum absolute atomic E-state index is 0.139. The van der Waals surface area contributed by atoms with Gasteiger partial charge in [-0.3, -0.25) is 4.79 Å². The van der Waals surface area contributed by atoms with Gasteiger partial charge in [-0.2, -0.15) is 5.10 Å².